The maximum atomic E-state index is 11.1. The zero-order valence-electron chi connectivity index (χ0n) is 9.59. The molecule has 0 heterocycles. The molecule has 0 unspecified atom stereocenters. The first-order valence-corrected chi connectivity index (χ1v) is 5.09. The number of hydrogen-bond acceptors (Lipinski definition) is 2. The van der Waals surface area contributed by atoms with Gasteiger partial charge in [-0.3, -0.25) is 0 Å². The van der Waals surface area contributed by atoms with E-state index < -0.39 is 11.9 Å². The standard InChI is InChI=1S/C12H8O4.C2H4/c13-11(14)9-6-5-7-3-1-2-4-8(7)10(9)12(15)16;1-2/h1-6H,(H,13,14)(H,15,16);1-2H2. The van der Waals surface area contributed by atoms with Crippen molar-refractivity contribution in [3.63, 3.8) is 0 Å². The molecule has 0 radical (unpaired) electrons. The van der Waals surface area contributed by atoms with Crippen LogP contribution in [0.1, 0.15) is 20.7 Å². The molecule has 92 valence electrons. The number of carboxylic acids is 2. The van der Waals surface area contributed by atoms with Crippen LogP contribution in [0.25, 0.3) is 10.8 Å². The van der Waals surface area contributed by atoms with Crippen molar-refractivity contribution in [3.8, 4) is 0 Å². The van der Waals surface area contributed by atoms with E-state index in [1.165, 1.54) is 6.07 Å². The smallest absolute Gasteiger partial charge is 0.337 e. The quantitative estimate of drug-likeness (QED) is 0.796. The highest BCUT2D eigenvalue weighted by molar-refractivity contribution is 6.11. The predicted octanol–water partition coefficient (Wildman–Crippen LogP) is 3.04. The number of aromatic carboxylic acids is 2. The van der Waals surface area contributed by atoms with Crippen molar-refractivity contribution in [1.82, 2.24) is 0 Å². The molecule has 0 amide bonds. The third-order valence-corrected chi connectivity index (χ3v) is 2.37. The maximum Gasteiger partial charge on any atom is 0.337 e. The Bertz CT molecular complexity index is 602. The first kappa shape index (κ1) is 13.4. The summed E-state index contributed by atoms with van der Waals surface area (Å²) in [5.74, 6) is -2.46. The SMILES string of the molecule is C=C.O=C(O)c1ccc2ccccc2c1C(=O)O. The van der Waals surface area contributed by atoms with Crippen molar-refractivity contribution < 1.29 is 19.8 Å². The lowest BCUT2D eigenvalue weighted by Gasteiger charge is -2.05. The normalized spacial score (nSPS) is 9.33. The van der Waals surface area contributed by atoms with Crippen molar-refractivity contribution in [3.05, 3.63) is 60.7 Å². The zero-order chi connectivity index (χ0) is 13.7. The Labute approximate surface area is 104 Å². The fourth-order valence-corrected chi connectivity index (χ4v) is 1.68. The lowest BCUT2D eigenvalue weighted by molar-refractivity contribution is 0.0653. The first-order chi connectivity index (χ1) is 8.61. The van der Waals surface area contributed by atoms with Crippen molar-refractivity contribution in [1.29, 1.82) is 0 Å². The molecule has 0 atom stereocenters. The van der Waals surface area contributed by atoms with Crippen LogP contribution in [0, 0.1) is 0 Å². The Balaban J connectivity index is 0.000000771. The van der Waals surface area contributed by atoms with Crippen LogP contribution in [0.4, 0.5) is 0 Å². The molecule has 2 N–H and O–H groups in total. The Morgan fingerprint density at radius 1 is 0.889 bits per heavy atom. The van der Waals surface area contributed by atoms with Crippen LogP contribution in [-0.2, 0) is 0 Å². The van der Waals surface area contributed by atoms with E-state index in [1.807, 2.05) is 0 Å². The zero-order valence-corrected chi connectivity index (χ0v) is 9.59. The molecule has 2 aromatic rings. The molecule has 0 aliphatic carbocycles. The average Bonchev–Trinajstić information content (AvgIpc) is 2.39. The fraction of sp³-hybridized carbons (Fsp3) is 0. The first-order valence-electron chi connectivity index (χ1n) is 5.09. The van der Waals surface area contributed by atoms with E-state index in [9.17, 15) is 9.59 Å². The Morgan fingerprint density at radius 2 is 1.50 bits per heavy atom. The third kappa shape index (κ3) is 2.38. The average molecular weight is 244 g/mol. The van der Waals surface area contributed by atoms with E-state index in [1.54, 1.807) is 30.3 Å². The van der Waals surface area contributed by atoms with Gasteiger partial charge in [-0.15, -0.1) is 13.2 Å². The van der Waals surface area contributed by atoms with E-state index in [0.29, 0.717) is 10.8 Å². The van der Waals surface area contributed by atoms with Gasteiger partial charge in [-0.1, -0.05) is 30.3 Å². The molecule has 0 spiro atoms. The van der Waals surface area contributed by atoms with Crippen molar-refractivity contribution >= 4 is 22.7 Å². The topological polar surface area (TPSA) is 74.6 Å². The monoisotopic (exact) mass is 244 g/mol. The van der Waals surface area contributed by atoms with E-state index in [-0.39, 0.29) is 11.1 Å². The number of fused-ring (bicyclic) bond motifs is 1. The maximum absolute atomic E-state index is 11.1. The van der Waals surface area contributed by atoms with Crippen LogP contribution >= 0.6 is 0 Å². The molecule has 18 heavy (non-hydrogen) atoms. The predicted molar refractivity (Wildman–Crippen MR) is 69.1 cm³/mol. The van der Waals surface area contributed by atoms with Gasteiger partial charge in [0.2, 0.25) is 0 Å². The van der Waals surface area contributed by atoms with Gasteiger partial charge < -0.3 is 10.2 Å². The van der Waals surface area contributed by atoms with E-state index in [0.717, 1.165) is 0 Å². The summed E-state index contributed by atoms with van der Waals surface area (Å²) >= 11 is 0. The second kappa shape index (κ2) is 5.63. The molecule has 0 saturated heterocycles. The van der Waals surface area contributed by atoms with Crippen LogP contribution < -0.4 is 0 Å². The van der Waals surface area contributed by atoms with E-state index in [2.05, 4.69) is 13.2 Å². The summed E-state index contributed by atoms with van der Waals surface area (Å²) in [6.07, 6.45) is 0. The van der Waals surface area contributed by atoms with Gasteiger partial charge in [-0.05, 0) is 16.8 Å². The molecule has 0 bridgehead atoms. The molecule has 2 aromatic carbocycles. The van der Waals surface area contributed by atoms with Crippen LogP contribution in [0.2, 0.25) is 0 Å². The van der Waals surface area contributed by atoms with Gasteiger partial charge in [0.05, 0.1) is 11.1 Å². The molecule has 2 rings (SSSR count). The summed E-state index contributed by atoms with van der Waals surface area (Å²) < 4.78 is 0. The Hall–Kier alpha value is -2.62. The minimum atomic E-state index is -1.23. The van der Waals surface area contributed by atoms with Gasteiger partial charge in [0.1, 0.15) is 0 Å². The molecule has 0 aromatic heterocycles. The van der Waals surface area contributed by atoms with Crippen LogP contribution in [0.15, 0.2) is 49.6 Å². The van der Waals surface area contributed by atoms with Crippen molar-refractivity contribution in [2.24, 2.45) is 0 Å². The van der Waals surface area contributed by atoms with Gasteiger partial charge >= 0.3 is 11.9 Å². The molecular formula is C14H12O4. The molecule has 0 fully saturated rings. The third-order valence-electron chi connectivity index (χ3n) is 2.37. The molecule has 0 saturated carbocycles. The summed E-state index contributed by atoms with van der Waals surface area (Å²) in [6.45, 7) is 6.00. The second-order valence-corrected chi connectivity index (χ2v) is 3.32. The minimum Gasteiger partial charge on any atom is -0.478 e. The van der Waals surface area contributed by atoms with Gasteiger partial charge in [-0.2, -0.15) is 0 Å². The highest BCUT2D eigenvalue weighted by atomic mass is 16.4. The summed E-state index contributed by atoms with van der Waals surface area (Å²) in [5.41, 5.74) is -0.350. The summed E-state index contributed by atoms with van der Waals surface area (Å²) in [7, 11) is 0. The number of rotatable bonds is 2. The van der Waals surface area contributed by atoms with Crippen LogP contribution in [0.3, 0.4) is 0 Å². The Morgan fingerprint density at radius 3 is 2.06 bits per heavy atom. The Kier molecular flexibility index (Phi) is 4.21. The molecule has 4 heteroatoms. The van der Waals surface area contributed by atoms with Gasteiger partial charge in [-0.25, -0.2) is 9.59 Å². The van der Waals surface area contributed by atoms with Crippen molar-refractivity contribution in [2.45, 2.75) is 0 Å². The molecule has 4 nitrogen and oxygen atoms in total. The van der Waals surface area contributed by atoms with Gasteiger partial charge in [0.15, 0.2) is 0 Å². The number of hydrogen-bond donors (Lipinski definition) is 2. The van der Waals surface area contributed by atoms with E-state index in [4.69, 9.17) is 10.2 Å². The number of carbonyl (C=O) groups is 2. The summed E-state index contributed by atoms with van der Waals surface area (Å²) in [6, 6.07) is 9.72. The summed E-state index contributed by atoms with van der Waals surface area (Å²) in [4.78, 5) is 22.0. The lowest BCUT2D eigenvalue weighted by Crippen LogP contribution is -2.08. The largest absolute Gasteiger partial charge is 0.478 e. The number of carboxylic acid groups (broad SMARTS) is 2. The number of benzene rings is 2. The second-order valence-electron chi connectivity index (χ2n) is 3.32. The van der Waals surface area contributed by atoms with Gasteiger partial charge in [0.25, 0.3) is 0 Å². The highest BCUT2D eigenvalue weighted by Crippen LogP contribution is 2.22. The highest BCUT2D eigenvalue weighted by Gasteiger charge is 2.18. The molecule has 0 aliphatic rings. The fourth-order valence-electron chi connectivity index (χ4n) is 1.68. The van der Waals surface area contributed by atoms with Crippen LogP contribution in [0.5, 0.6) is 0 Å². The van der Waals surface area contributed by atoms with Crippen molar-refractivity contribution in [2.75, 3.05) is 0 Å². The minimum absolute atomic E-state index is 0.161. The summed E-state index contributed by atoms with van der Waals surface area (Å²) in [5, 5.41) is 19.1. The molecule has 0 aliphatic heterocycles. The van der Waals surface area contributed by atoms with Crippen LogP contribution in [-0.4, -0.2) is 22.2 Å². The molecular weight excluding hydrogens is 232 g/mol. The lowest BCUT2D eigenvalue weighted by atomic mass is 9.99. The van der Waals surface area contributed by atoms with Gasteiger partial charge in [0, 0.05) is 0 Å². The van der Waals surface area contributed by atoms with E-state index >= 15 is 0 Å².